The van der Waals surface area contributed by atoms with Crippen molar-refractivity contribution in [3.05, 3.63) is 70.6 Å². The van der Waals surface area contributed by atoms with Gasteiger partial charge in [0.15, 0.2) is 11.5 Å². The van der Waals surface area contributed by atoms with Crippen LogP contribution < -0.4 is 10.6 Å². The summed E-state index contributed by atoms with van der Waals surface area (Å²) in [5.74, 6) is 1.13. The fourth-order valence-corrected chi connectivity index (χ4v) is 3.33. The van der Waals surface area contributed by atoms with Crippen molar-refractivity contribution in [2.75, 3.05) is 23.7 Å². The van der Waals surface area contributed by atoms with E-state index in [-0.39, 0.29) is 0 Å². The van der Waals surface area contributed by atoms with Gasteiger partial charge in [-0.15, -0.1) is 0 Å². The summed E-state index contributed by atoms with van der Waals surface area (Å²) in [5, 5.41) is 17.2. The molecule has 0 aliphatic carbocycles. The van der Waals surface area contributed by atoms with Crippen LogP contribution in [0.25, 0.3) is 22.4 Å². The van der Waals surface area contributed by atoms with Gasteiger partial charge in [0, 0.05) is 29.9 Å². The van der Waals surface area contributed by atoms with E-state index in [1.165, 1.54) is 0 Å². The second kappa shape index (κ2) is 8.91. The van der Waals surface area contributed by atoms with E-state index in [1.54, 1.807) is 36.7 Å². The summed E-state index contributed by atoms with van der Waals surface area (Å²) in [7, 11) is 0. The van der Waals surface area contributed by atoms with E-state index in [2.05, 4.69) is 30.6 Å². The van der Waals surface area contributed by atoms with Gasteiger partial charge in [-0.2, -0.15) is 5.26 Å². The molecule has 0 saturated heterocycles. The summed E-state index contributed by atoms with van der Waals surface area (Å²) in [4.78, 5) is 17.6. The lowest BCUT2D eigenvalue weighted by Gasteiger charge is -2.12. The number of nitrogens with zero attached hydrogens (tertiary/aromatic N) is 5. The summed E-state index contributed by atoms with van der Waals surface area (Å²) in [6, 6.07) is 14.4. The minimum absolute atomic E-state index is 0.382. The van der Waals surface area contributed by atoms with Crippen molar-refractivity contribution < 1.29 is 0 Å². The molecule has 2 N–H and O–H groups in total. The number of pyridine rings is 2. The predicted molar refractivity (Wildman–Crippen MR) is 119 cm³/mol. The van der Waals surface area contributed by atoms with E-state index < -0.39 is 0 Å². The van der Waals surface area contributed by atoms with Crippen LogP contribution in [0.4, 0.5) is 11.5 Å². The average molecular weight is 436 g/mol. The molecule has 0 atom stereocenters. The molecule has 0 aliphatic heterocycles. The number of hydrogen-bond donors (Lipinski definition) is 2. The molecule has 1 aromatic carbocycles. The van der Waals surface area contributed by atoms with Crippen LogP contribution in [0.3, 0.4) is 0 Å². The molecular formula is C21H15Cl2N7. The van der Waals surface area contributed by atoms with E-state index in [0.717, 1.165) is 11.1 Å². The van der Waals surface area contributed by atoms with Crippen LogP contribution in [0, 0.1) is 11.3 Å². The zero-order valence-corrected chi connectivity index (χ0v) is 17.1. The maximum absolute atomic E-state index is 8.82. The summed E-state index contributed by atoms with van der Waals surface area (Å²) >= 11 is 12.3. The Morgan fingerprint density at radius 1 is 0.967 bits per heavy atom. The van der Waals surface area contributed by atoms with Crippen molar-refractivity contribution in [3.63, 3.8) is 0 Å². The Bertz CT molecular complexity index is 1240. The summed E-state index contributed by atoms with van der Waals surface area (Å²) in [6.45, 7) is 1.21. The maximum atomic E-state index is 8.82. The first-order chi connectivity index (χ1) is 14.6. The first kappa shape index (κ1) is 19.8. The molecule has 4 aromatic rings. The Morgan fingerprint density at radius 3 is 2.60 bits per heavy atom. The third-order valence-corrected chi connectivity index (χ3v) is 4.82. The molecule has 0 bridgehead atoms. The Balaban J connectivity index is 1.54. The van der Waals surface area contributed by atoms with Crippen LogP contribution in [0.1, 0.15) is 5.69 Å². The first-order valence-corrected chi connectivity index (χ1v) is 9.82. The van der Waals surface area contributed by atoms with Gasteiger partial charge in [-0.1, -0.05) is 23.2 Å². The fraction of sp³-hybridized carbons (Fsp3) is 0.0952. The molecule has 4 rings (SSSR count). The van der Waals surface area contributed by atoms with Crippen molar-refractivity contribution in [2.24, 2.45) is 0 Å². The first-order valence-electron chi connectivity index (χ1n) is 9.06. The Hall–Kier alpha value is -3.47. The minimum atomic E-state index is 0.382. The van der Waals surface area contributed by atoms with Crippen molar-refractivity contribution >= 4 is 45.7 Å². The standard InChI is InChI=1S/C21H15Cl2N7/c22-13-3-6-16(18(23)10-13)21-29-19-17(2-1-7-26-19)20(30-21)27-9-8-25-15-5-4-14(11-24)28-12-15/h1-7,10,12,25H,8-9H2,(H,26,27,29,30). The summed E-state index contributed by atoms with van der Waals surface area (Å²) in [6.07, 6.45) is 3.31. The van der Waals surface area contributed by atoms with Crippen LogP contribution >= 0.6 is 23.2 Å². The molecule has 0 fully saturated rings. The summed E-state index contributed by atoms with van der Waals surface area (Å²) in [5.41, 5.74) is 2.46. The van der Waals surface area contributed by atoms with Crippen LogP contribution in [-0.4, -0.2) is 33.0 Å². The summed E-state index contributed by atoms with van der Waals surface area (Å²) < 4.78 is 0. The van der Waals surface area contributed by atoms with Crippen LogP contribution in [0.15, 0.2) is 54.9 Å². The van der Waals surface area contributed by atoms with Gasteiger partial charge >= 0.3 is 0 Å². The highest BCUT2D eigenvalue weighted by molar-refractivity contribution is 6.36. The average Bonchev–Trinajstić information content (AvgIpc) is 2.77. The van der Waals surface area contributed by atoms with E-state index in [4.69, 9.17) is 28.5 Å². The Labute approximate surface area is 182 Å². The number of rotatable bonds is 6. The van der Waals surface area contributed by atoms with E-state index in [0.29, 0.717) is 51.7 Å². The van der Waals surface area contributed by atoms with Gasteiger partial charge in [-0.25, -0.2) is 19.9 Å². The number of aromatic nitrogens is 4. The van der Waals surface area contributed by atoms with Gasteiger partial charge in [0.2, 0.25) is 0 Å². The van der Waals surface area contributed by atoms with Gasteiger partial charge in [-0.3, -0.25) is 0 Å². The number of nitrogens with one attached hydrogen (secondary N) is 2. The zero-order chi connectivity index (χ0) is 20.9. The monoisotopic (exact) mass is 435 g/mol. The maximum Gasteiger partial charge on any atom is 0.165 e. The molecule has 0 saturated carbocycles. The topological polar surface area (TPSA) is 99.4 Å². The predicted octanol–water partition coefficient (Wildman–Crippen LogP) is 4.79. The molecule has 3 heterocycles. The van der Waals surface area contributed by atoms with E-state index in [9.17, 15) is 0 Å². The minimum Gasteiger partial charge on any atom is -0.382 e. The SMILES string of the molecule is N#Cc1ccc(NCCNc2nc(-c3ccc(Cl)cc3Cl)nc3ncccc23)cn1. The van der Waals surface area contributed by atoms with Crippen molar-refractivity contribution in [1.82, 2.24) is 19.9 Å². The Kier molecular flexibility index (Phi) is 5.89. The van der Waals surface area contributed by atoms with Gasteiger partial charge in [-0.05, 0) is 42.5 Å². The molecule has 30 heavy (non-hydrogen) atoms. The second-order valence-electron chi connectivity index (χ2n) is 6.29. The fourth-order valence-electron chi connectivity index (χ4n) is 2.84. The normalized spacial score (nSPS) is 10.6. The molecule has 7 nitrogen and oxygen atoms in total. The molecule has 0 amide bonds. The highest BCUT2D eigenvalue weighted by Crippen LogP contribution is 2.30. The number of fused-ring (bicyclic) bond motifs is 1. The number of halogens is 2. The third kappa shape index (κ3) is 4.40. The molecule has 0 spiro atoms. The van der Waals surface area contributed by atoms with E-state index in [1.807, 2.05) is 24.3 Å². The van der Waals surface area contributed by atoms with Gasteiger partial charge in [0.25, 0.3) is 0 Å². The molecule has 3 aromatic heterocycles. The largest absolute Gasteiger partial charge is 0.382 e. The molecular weight excluding hydrogens is 421 g/mol. The lowest BCUT2D eigenvalue weighted by Crippen LogP contribution is -2.15. The molecule has 0 radical (unpaired) electrons. The van der Waals surface area contributed by atoms with E-state index >= 15 is 0 Å². The smallest absolute Gasteiger partial charge is 0.165 e. The van der Waals surface area contributed by atoms with Gasteiger partial charge in [0.1, 0.15) is 17.6 Å². The van der Waals surface area contributed by atoms with Gasteiger partial charge < -0.3 is 10.6 Å². The third-order valence-electron chi connectivity index (χ3n) is 4.27. The molecule has 0 aliphatic rings. The highest BCUT2D eigenvalue weighted by Gasteiger charge is 2.13. The lowest BCUT2D eigenvalue weighted by molar-refractivity contribution is 1.05. The molecule has 0 unspecified atom stereocenters. The van der Waals surface area contributed by atoms with Gasteiger partial charge in [0.05, 0.1) is 22.3 Å². The van der Waals surface area contributed by atoms with Crippen LogP contribution in [-0.2, 0) is 0 Å². The van der Waals surface area contributed by atoms with Crippen molar-refractivity contribution in [1.29, 1.82) is 5.26 Å². The lowest BCUT2D eigenvalue weighted by atomic mass is 10.2. The number of hydrogen-bond acceptors (Lipinski definition) is 7. The number of anilines is 2. The van der Waals surface area contributed by atoms with Crippen LogP contribution in [0.2, 0.25) is 10.0 Å². The van der Waals surface area contributed by atoms with Crippen LogP contribution in [0.5, 0.6) is 0 Å². The molecule has 9 heteroatoms. The Morgan fingerprint density at radius 2 is 1.83 bits per heavy atom. The quantitative estimate of drug-likeness (QED) is 0.419. The number of nitriles is 1. The van der Waals surface area contributed by atoms with Crippen molar-refractivity contribution in [3.8, 4) is 17.5 Å². The number of benzene rings is 1. The van der Waals surface area contributed by atoms with Crippen molar-refractivity contribution in [2.45, 2.75) is 0 Å². The molecule has 148 valence electrons. The second-order valence-corrected chi connectivity index (χ2v) is 7.14. The highest BCUT2D eigenvalue weighted by atomic mass is 35.5. The zero-order valence-electron chi connectivity index (χ0n) is 15.6.